The molecule has 0 saturated heterocycles. The Balaban J connectivity index is 3.00. The predicted molar refractivity (Wildman–Crippen MR) is 71.1 cm³/mol. The van der Waals surface area contributed by atoms with Crippen molar-refractivity contribution in [2.45, 2.75) is 20.3 Å². The number of benzene rings is 1. The molecule has 0 spiro atoms. The number of anilines is 1. The van der Waals surface area contributed by atoms with Crippen molar-refractivity contribution in [1.29, 1.82) is 0 Å². The van der Waals surface area contributed by atoms with Crippen LogP contribution in [0.25, 0.3) is 0 Å². The van der Waals surface area contributed by atoms with Crippen molar-refractivity contribution in [3.63, 3.8) is 0 Å². The van der Waals surface area contributed by atoms with Crippen LogP contribution in [0.4, 0.5) is 10.1 Å². The van der Waals surface area contributed by atoms with Gasteiger partial charge in [-0.1, -0.05) is 6.92 Å². The van der Waals surface area contributed by atoms with Crippen LogP contribution in [-0.2, 0) is 4.79 Å². The number of rotatable bonds is 5. The van der Waals surface area contributed by atoms with Crippen molar-refractivity contribution in [3.05, 3.63) is 29.1 Å². The molecule has 1 unspecified atom stereocenters. The van der Waals surface area contributed by atoms with E-state index < -0.39 is 11.7 Å². The summed E-state index contributed by atoms with van der Waals surface area (Å²) in [6.07, 6.45) is 0.531. The van der Waals surface area contributed by atoms with E-state index in [0.29, 0.717) is 13.0 Å². The van der Waals surface area contributed by atoms with Gasteiger partial charge in [0, 0.05) is 22.7 Å². The number of carbonyl (C=O) groups is 2. The molecule has 0 aliphatic rings. The summed E-state index contributed by atoms with van der Waals surface area (Å²) in [7, 11) is 0. The number of amides is 2. The monoisotopic (exact) mass is 267 g/mol. The van der Waals surface area contributed by atoms with Crippen LogP contribution in [0.1, 0.15) is 29.3 Å². The molecule has 5 N–H and O–H groups in total. The highest BCUT2D eigenvalue weighted by molar-refractivity contribution is 5.97. The topological polar surface area (TPSA) is 98.2 Å². The molecule has 0 aromatic heterocycles. The molecule has 1 atom stereocenters. The lowest BCUT2D eigenvalue weighted by Gasteiger charge is -2.14. The first-order valence-electron chi connectivity index (χ1n) is 5.97. The van der Waals surface area contributed by atoms with Gasteiger partial charge in [0.1, 0.15) is 5.82 Å². The molecule has 5 nitrogen and oxygen atoms in total. The summed E-state index contributed by atoms with van der Waals surface area (Å²) in [6, 6.07) is 2.42. The molecule has 1 aromatic carbocycles. The normalized spacial score (nSPS) is 12.0. The number of hydrogen-bond donors (Lipinski definition) is 3. The molecular formula is C13H18FN3O2. The van der Waals surface area contributed by atoms with Gasteiger partial charge in [-0.2, -0.15) is 0 Å². The Morgan fingerprint density at radius 1 is 1.42 bits per heavy atom. The van der Waals surface area contributed by atoms with Crippen LogP contribution in [0.15, 0.2) is 12.1 Å². The number of hydrogen-bond acceptors (Lipinski definition) is 3. The van der Waals surface area contributed by atoms with E-state index in [-0.39, 0.29) is 28.6 Å². The number of carbonyl (C=O) groups excluding carboxylic acids is 2. The van der Waals surface area contributed by atoms with Gasteiger partial charge in [0.25, 0.3) is 0 Å². The lowest BCUT2D eigenvalue weighted by atomic mass is 10.1. The smallest absolute Gasteiger partial charge is 0.248 e. The third kappa shape index (κ3) is 3.75. The van der Waals surface area contributed by atoms with Gasteiger partial charge < -0.3 is 16.8 Å². The van der Waals surface area contributed by atoms with Crippen molar-refractivity contribution < 1.29 is 14.0 Å². The van der Waals surface area contributed by atoms with Crippen LogP contribution in [0.2, 0.25) is 0 Å². The maximum absolute atomic E-state index is 13.6. The fourth-order valence-corrected chi connectivity index (χ4v) is 1.59. The average molecular weight is 267 g/mol. The lowest BCUT2D eigenvalue weighted by Crippen LogP contribution is -2.23. The molecule has 0 fully saturated rings. The molecule has 0 radical (unpaired) electrons. The molecule has 1 rings (SSSR count). The third-order valence-corrected chi connectivity index (χ3v) is 2.93. The molecule has 0 bridgehead atoms. The molecule has 0 aliphatic heterocycles. The molecule has 0 heterocycles. The molecule has 0 aliphatic carbocycles. The summed E-state index contributed by atoms with van der Waals surface area (Å²) in [6.45, 7) is 3.64. The van der Waals surface area contributed by atoms with E-state index in [2.05, 4.69) is 5.32 Å². The van der Waals surface area contributed by atoms with Gasteiger partial charge >= 0.3 is 0 Å². The highest BCUT2D eigenvalue weighted by Crippen LogP contribution is 2.21. The molecule has 1 aromatic rings. The summed E-state index contributed by atoms with van der Waals surface area (Å²) in [5, 5.41) is 2.59. The second kappa shape index (κ2) is 6.29. The summed E-state index contributed by atoms with van der Waals surface area (Å²) < 4.78 is 13.6. The summed E-state index contributed by atoms with van der Waals surface area (Å²) >= 11 is 0. The Morgan fingerprint density at radius 2 is 2.05 bits per heavy atom. The number of nitrogens with one attached hydrogen (secondary N) is 1. The molecule has 2 amide bonds. The zero-order valence-corrected chi connectivity index (χ0v) is 11.0. The Labute approximate surface area is 111 Å². The maximum atomic E-state index is 13.6. The van der Waals surface area contributed by atoms with E-state index in [9.17, 15) is 14.0 Å². The van der Waals surface area contributed by atoms with Crippen molar-refractivity contribution in [1.82, 2.24) is 0 Å². The molecule has 0 saturated carbocycles. The van der Waals surface area contributed by atoms with Gasteiger partial charge in [0.05, 0.1) is 0 Å². The van der Waals surface area contributed by atoms with Gasteiger partial charge in [0.15, 0.2) is 0 Å². The van der Waals surface area contributed by atoms with E-state index in [1.54, 1.807) is 6.92 Å². The minimum atomic E-state index is -0.746. The number of nitrogens with two attached hydrogens (primary N) is 2. The van der Waals surface area contributed by atoms with E-state index >= 15 is 0 Å². The quantitative estimate of drug-likeness (QED) is 0.746. The highest BCUT2D eigenvalue weighted by atomic mass is 19.1. The van der Waals surface area contributed by atoms with Crippen molar-refractivity contribution in [3.8, 4) is 0 Å². The average Bonchev–Trinajstić information content (AvgIpc) is 2.34. The third-order valence-electron chi connectivity index (χ3n) is 2.93. The van der Waals surface area contributed by atoms with E-state index in [0.717, 1.165) is 6.07 Å². The lowest BCUT2D eigenvalue weighted by molar-refractivity contribution is -0.119. The molecule has 19 heavy (non-hydrogen) atoms. The molecular weight excluding hydrogens is 249 g/mol. The van der Waals surface area contributed by atoms with Crippen LogP contribution in [0, 0.1) is 18.7 Å². The minimum absolute atomic E-state index is 0.0184. The Kier molecular flexibility index (Phi) is 5.00. The van der Waals surface area contributed by atoms with Crippen molar-refractivity contribution in [2.75, 3.05) is 11.9 Å². The zero-order valence-electron chi connectivity index (χ0n) is 11.0. The van der Waals surface area contributed by atoms with Crippen LogP contribution in [0.5, 0.6) is 0 Å². The Hall–Kier alpha value is -1.95. The Bertz CT molecular complexity index is 503. The predicted octanol–water partition coefficient (Wildman–Crippen LogP) is 1.16. The van der Waals surface area contributed by atoms with Gasteiger partial charge in [-0.25, -0.2) is 4.39 Å². The first-order valence-corrected chi connectivity index (χ1v) is 5.97. The van der Waals surface area contributed by atoms with E-state index in [4.69, 9.17) is 11.5 Å². The van der Waals surface area contributed by atoms with E-state index in [1.165, 1.54) is 13.0 Å². The number of halogens is 1. The van der Waals surface area contributed by atoms with Crippen molar-refractivity contribution >= 4 is 17.5 Å². The fraction of sp³-hybridized carbons (Fsp3) is 0.385. The first kappa shape index (κ1) is 15.1. The summed E-state index contributed by atoms with van der Waals surface area (Å²) in [5.74, 6) is -1.89. The highest BCUT2D eigenvalue weighted by Gasteiger charge is 2.16. The van der Waals surface area contributed by atoms with Crippen LogP contribution in [-0.4, -0.2) is 18.4 Å². The first-order chi connectivity index (χ1) is 8.86. The van der Waals surface area contributed by atoms with Crippen LogP contribution in [0.3, 0.4) is 0 Å². The van der Waals surface area contributed by atoms with Crippen molar-refractivity contribution in [2.24, 2.45) is 17.4 Å². The van der Waals surface area contributed by atoms with Gasteiger partial charge in [-0.05, 0) is 32.0 Å². The van der Waals surface area contributed by atoms with Gasteiger partial charge in [-0.3, -0.25) is 9.59 Å². The maximum Gasteiger partial charge on any atom is 0.248 e. The van der Waals surface area contributed by atoms with Gasteiger partial charge in [-0.15, -0.1) is 0 Å². The minimum Gasteiger partial charge on any atom is -0.366 e. The fourth-order valence-electron chi connectivity index (χ4n) is 1.59. The SMILES string of the molecule is Cc1c(F)cc(C(N)=O)cc1NC(=O)C(C)CCN. The standard InChI is InChI=1S/C13H18FN3O2/c1-7(3-4-15)13(19)17-11-6-9(12(16)18)5-10(14)8(11)2/h5-7H,3-4,15H2,1-2H3,(H2,16,18)(H,17,19). The van der Waals surface area contributed by atoms with E-state index in [1.807, 2.05) is 0 Å². The zero-order chi connectivity index (χ0) is 14.6. The Morgan fingerprint density at radius 3 is 2.58 bits per heavy atom. The van der Waals surface area contributed by atoms with Gasteiger partial charge in [0.2, 0.25) is 11.8 Å². The number of primary amides is 1. The van der Waals surface area contributed by atoms with Crippen LogP contribution < -0.4 is 16.8 Å². The van der Waals surface area contributed by atoms with Crippen LogP contribution >= 0.6 is 0 Å². The molecule has 104 valence electrons. The second-order valence-electron chi connectivity index (χ2n) is 4.46. The molecule has 6 heteroatoms. The summed E-state index contributed by atoms with van der Waals surface area (Å²) in [4.78, 5) is 22.9. The summed E-state index contributed by atoms with van der Waals surface area (Å²) in [5.41, 5.74) is 11.0. The largest absolute Gasteiger partial charge is 0.366 e. The second-order valence-corrected chi connectivity index (χ2v) is 4.46.